The summed E-state index contributed by atoms with van der Waals surface area (Å²) in [5.74, 6) is 0. The first-order valence-electron chi connectivity index (χ1n) is 9.75. The van der Waals surface area contributed by atoms with Gasteiger partial charge in [0.25, 0.3) is 0 Å². The van der Waals surface area contributed by atoms with Crippen molar-refractivity contribution in [2.75, 3.05) is 0 Å². The van der Waals surface area contributed by atoms with Crippen LogP contribution in [0.25, 0.3) is 51.8 Å². The predicted octanol–water partition coefficient (Wildman–Crippen LogP) is 8.29. The van der Waals surface area contributed by atoms with E-state index in [4.69, 9.17) is 0 Å². The fraction of sp³-hybridized carbons (Fsp3) is 0. The normalized spacial score (nSPS) is 11.5. The molecule has 3 aromatic carbocycles. The molecule has 148 valence electrons. The summed E-state index contributed by atoms with van der Waals surface area (Å²) in [4.78, 5) is 27.1. The average molecular weight is 455 g/mol. The number of rotatable bonds is 4. The highest BCUT2D eigenvalue weighted by atomic mass is 32.1. The van der Waals surface area contributed by atoms with E-state index in [-0.39, 0.29) is 0 Å². The van der Waals surface area contributed by atoms with Gasteiger partial charge in [-0.2, -0.15) is 0 Å². The summed E-state index contributed by atoms with van der Waals surface area (Å²) in [5, 5.41) is 4.51. The molecule has 0 aliphatic heterocycles. The number of fused-ring (bicyclic) bond motifs is 6. The molecule has 0 fully saturated rings. The van der Waals surface area contributed by atoms with Gasteiger partial charge in [0.2, 0.25) is 0 Å². The standard InChI is InChI=1S/C26H14O2S3/c27-13-17-11-19-21-22(20-12-18(14-28)30-26(20)25(19)29-17)24(16-9-5-2-6-10-16)31-23(21)15-7-3-1-4-8-15/h1-14H. The maximum absolute atomic E-state index is 11.7. The predicted molar refractivity (Wildman–Crippen MR) is 134 cm³/mol. The molecule has 0 saturated carbocycles. The van der Waals surface area contributed by atoms with E-state index in [0.29, 0.717) is 9.75 Å². The summed E-state index contributed by atoms with van der Waals surface area (Å²) >= 11 is 4.79. The van der Waals surface area contributed by atoms with Gasteiger partial charge in [0.1, 0.15) is 0 Å². The lowest BCUT2D eigenvalue weighted by atomic mass is 9.99. The van der Waals surface area contributed by atoms with E-state index < -0.39 is 0 Å². The average Bonchev–Trinajstić information content (AvgIpc) is 3.54. The summed E-state index contributed by atoms with van der Waals surface area (Å²) < 4.78 is 2.16. The van der Waals surface area contributed by atoms with Crippen molar-refractivity contribution in [1.29, 1.82) is 0 Å². The Morgan fingerprint density at radius 2 is 0.968 bits per heavy atom. The van der Waals surface area contributed by atoms with Crippen LogP contribution in [0.2, 0.25) is 0 Å². The minimum absolute atomic E-state index is 0.705. The minimum atomic E-state index is 0.705. The lowest BCUT2D eigenvalue weighted by Gasteiger charge is -2.04. The van der Waals surface area contributed by atoms with Crippen LogP contribution < -0.4 is 0 Å². The van der Waals surface area contributed by atoms with Gasteiger partial charge >= 0.3 is 0 Å². The van der Waals surface area contributed by atoms with Crippen LogP contribution in [0.5, 0.6) is 0 Å². The maximum Gasteiger partial charge on any atom is 0.160 e. The van der Waals surface area contributed by atoms with Gasteiger partial charge in [-0.1, -0.05) is 60.7 Å². The summed E-state index contributed by atoms with van der Waals surface area (Å²) in [6, 6.07) is 24.8. The molecule has 2 nitrogen and oxygen atoms in total. The number of hydrogen-bond acceptors (Lipinski definition) is 5. The van der Waals surface area contributed by atoms with Gasteiger partial charge in [-0.05, 0) is 23.3 Å². The second-order valence-corrected chi connectivity index (χ2v) is 10.4. The van der Waals surface area contributed by atoms with Crippen LogP contribution in [-0.2, 0) is 0 Å². The molecule has 31 heavy (non-hydrogen) atoms. The van der Waals surface area contributed by atoms with Crippen molar-refractivity contribution >= 4 is 77.5 Å². The van der Waals surface area contributed by atoms with Crippen LogP contribution in [0.1, 0.15) is 19.3 Å². The van der Waals surface area contributed by atoms with Crippen molar-refractivity contribution < 1.29 is 9.59 Å². The summed E-state index contributed by atoms with van der Waals surface area (Å²) in [7, 11) is 0. The van der Waals surface area contributed by atoms with Crippen LogP contribution in [0, 0.1) is 0 Å². The van der Waals surface area contributed by atoms with Crippen molar-refractivity contribution in [3.05, 3.63) is 82.6 Å². The van der Waals surface area contributed by atoms with Gasteiger partial charge in [0, 0.05) is 31.3 Å². The Kier molecular flexibility index (Phi) is 4.35. The number of carbonyl (C=O) groups excluding carboxylic acids is 2. The largest absolute Gasteiger partial charge is 0.297 e. The van der Waals surface area contributed by atoms with Crippen molar-refractivity contribution in [3.8, 4) is 20.9 Å². The Morgan fingerprint density at radius 1 is 0.548 bits per heavy atom. The highest BCUT2D eigenvalue weighted by molar-refractivity contribution is 7.29. The first-order chi connectivity index (χ1) is 15.3. The molecular weight excluding hydrogens is 440 g/mol. The van der Waals surface area contributed by atoms with Crippen molar-refractivity contribution in [2.24, 2.45) is 0 Å². The van der Waals surface area contributed by atoms with Gasteiger partial charge in [0.05, 0.1) is 19.2 Å². The van der Waals surface area contributed by atoms with Crippen molar-refractivity contribution in [3.63, 3.8) is 0 Å². The minimum Gasteiger partial charge on any atom is -0.297 e. The number of thiophene rings is 3. The second-order valence-electron chi connectivity index (χ2n) is 7.26. The second kappa shape index (κ2) is 7.24. The number of aldehydes is 2. The molecule has 0 atom stereocenters. The Morgan fingerprint density at radius 3 is 1.35 bits per heavy atom. The molecule has 6 aromatic rings. The monoisotopic (exact) mass is 454 g/mol. The quantitative estimate of drug-likeness (QED) is 0.251. The lowest BCUT2D eigenvalue weighted by Crippen LogP contribution is -1.77. The Hall–Kier alpha value is -3.12. The van der Waals surface area contributed by atoms with E-state index in [2.05, 4.69) is 48.5 Å². The zero-order chi connectivity index (χ0) is 20.9. The third-order valence-corrected chi connectivity index (χ3v) is 9.03. The van der Waals surface area contributed by atoms with Crippen LogP contribution in [-0.4, -0.2) is 12.6 Å². The summed E-state index contributed by atoms with van der Waals surface area (Å²) in [5.41, 5.74) is 2.31. The molecule has 0 bridgehead atoms. The maximum atomic E-state index is 11.7. The zero-order valence-corrected chi connectivity index (χ0v) is 18.6. The van der Waals surface area contributed by atoms with Crippen LogP contribution >= 0.6 is 34.0 Å². The Labute approximate surface area is 190 Å². The van der Waals surface area contributed by atoms with Crippen LogP contribution in [0.15, 0.2) is 72.8 Å². The molecule has 0 aliphatic carbocycles. The van der Waals surface area contributed by atoms with E-state index in [0.717, 1.165) is 54.6 Å². The molecule has 5 heteroatoms. The molecule has 6 rings (SSSR count). The van der Waals surface area contributed by atoms with Gasteiger partial charge in [-0.15, -0.1) is 34.0 Å². The number of hydrogen-bond donors (Lipinski definition) is 0. The fourth-order valence-electron chi connectivity index (χ4n) is 4.18. The molecule has 0 unspecified atom stereocenters. The van der Waals surface area contributed by atoms with Gasteiger partial charge in [0.15, 0.2) is 12.6 Å². The Bertz CT molecular complexity index is 1480. The van der Waals surface area contributed by atoms with Crippen LogP contribution in [0.3, 0.4) is 0 Å². The van der Waals surface area contributed by atoms with Gasteiger partial charge in [-0.25, -0.2) is 0 Å². The number of carbonyl (C=O) groups is 2. The molecule has 3 heterocycles. The summed E-state index contributed by atoms with van der Waals surface area (Å²) in [6.07, 6.45) is 1.84. The summed E-state index contributed by atoms with van der Waals surface area (Å²) in [6.45, 7) is 0. The number of benzene rings is 3. The van der Waals surface area contributed by atoms with Gasteiger partial charge < -0.3 is 0 Å². The highest BCUT2D eigenvalue weighted by Gasteiger charge is 2.23. The third-order valence-electron chi connectivity index (χ3n) is 5.46. The molecular formula is C26H14O2S3. The molecule has 3 aromatic heterocycles. The molecule has 0 radical (unpaired) electrons. The van der Waals surface area contributed by atoms with Crippen molar-refractivity contribution in [2.45, 2.75) is 0 Å². The fourth-order valence-corrected chi connectivity index (χ4v) is 7.63. The van der Waals surface area contributed by atoms with Gasteiger partial charge in [-0.3, -0.25) is 9.59 Å². The molecule has 0 saturated heterocycles. The van der Waals surface area contributed by atoms with E-state index in [9.17, 15) is 9.59 Å². The smallest absolute Gasteiger partial charge is 0.160 e. The molecule has 0 amide bonds. The lowest BCUT2D eigenvalue weighted by molar-refractivity contribution is 0.111. The molecule has 0 aliphatic rings. The van der Waals surface area contributed by atoms with Crippen LogP contribution in [0.4, 0.5) is 0 Å². The molecule has 0 N–H and O–H groups in total. The van der Waals surface area contributed by atoms with E-state index >= 15 is 0 Å². The first kappa shape index (κ1) is 18.6. The third kappa shape index (κ3) is 2.82. The Balaban J connectivity index is 1.89. The van der Waals surface area contributed by atoms with E-state index in [1.165, 1.54) is 32.4 Å². The zero-order valence-electron chi connectivity index (χ0n) is 16.1. The van der Waals surface area contributed by atoms with E-state index in [1.807, 2.05) is 24.3 Å². The van der Waals surface area contributed by atoms with E-state index in [1.54, 1.807) is 11.3 Å². The molecule has 0 spiro atoms. The SMILES string of the molecule is O=Cc1cc2c(s1)c1sc(C=O)cc1c1c(-c3ccccc3)sc(-c3ccccc3)c21. The highest BCUT2D eigenvalue weighted by Crippen LogP contribution is 2.52. The topological polar surface area (TPSA) is 34.1 Å². The van der Waals surface area contributed by atoms with Crippen molar-refractivity contribution in [1.82, 2.24) is 0 Å². The first-order valence-corrected chi connectivity index (χ1v) is 12.2.